The molecule has 2 rings (SSSR count). The number of carbonyl (C=O) groups is 2. The Kier molecular flexibility index (Phi) is 5.19. The summed E-state index contributed by atoms with van der Waals surface area (Å²) in [4.78, 5) is 27.7. The van der Waals surface area contributed by atoms with E-state index >= 15 is 0 Å². The van der Waals surface area contributed by atoms with Gasteiger partial charge in [0.25, 0.3) is 5.91 Å². The molecule has 1 fully saturated rings. The predicted octanol–water partition coefficient (Wildman–Crippen LogP) is 1.58. The number of rotatable bonds is 4. The van der Waals surface area contributed by atoms with E-state index in [0.29, 0.717) is 19.5 Å². The Balaban J connectivity index is 2.03. The summed E-state index contributed by atoms with van der Waals surface area (Å²) in [6.07, 6.45) is -0.594. The molecule has 5 heteroatoms. The molecule has 2 amide bonds. The van der Waals surface area contributed by atoms with Crippen LogP contribution in [0.5, 0.6) is 0 Å². The van der Waals surface area contributed by atoms with Crippen molar-refractivity contribution in [3.05, 3.63) is 29.8 Å². The van der Waals surface area contributed by atoms with Crippen molar-refractivity contribution in [3.63, 3.8) is 0 Å². The minimum Gasteiger partial charge on any atom is -0.383 e. The first kappa shape index (κ1) is 16.5. The van der Waals surface area contributed by atoms with Crippen molar-refractivity contribution in [3.8, 4) is 0 Å². The minimum absolute atomic E-state index is 0.0301. The summed E-state index contributed by atoms with van der Waals surface area (Å²) in [6.45, 7) is 6.82. The lowest BCUT2D eigenvalue weighted by Gasteiger charge is -2.36. The van der Waals surface area contributed by atoms with Crippen molar-refractivity contribution < 1.29 is 14.7 Å². The number of benzene rings is 1. The summed E-state index contributed by atoms with van der Waals surface area (Å²) in [5.74, 6) is -0.208. The summed E-state index contributed by atoms with van der Waals surface area (Å²) in [5.41, 5.74) is 1.93. The van der Waals surface area contributed by atoms with Crippen LogP contribution in [0.15, 0.2) is 24.3 Å². The van der Waals surface area contributed by atoms with Crippen LogP contribution in [0.3, 0.4) is 0 Å². The van der Waals surface area contributed by atoms with Gasteiger partial charge in [-0.3, -0.25) is 9.59 Å². The molecule has 0 bridgehead atoms. The van der Waals surface area contributed by atoms with Crippen LogP contribution in [0.25, 0.3) is 0 Å². The third kappa shape index (κ3) is 3.65. The fourth-order valence-corrected chi connectivity index (χ4v) is 2.74. The molecular weight excluding hydrogens is 280 g/mol. The van der Waals surface area contributed by atoms with Crippen molar-refractivity contribution in [1.82, 2.24) is 4.90 Å². The topological polar surface area (TPSA) is 60.9 Å². The van der Waals surface area contributed by atoms with Gasteiger partial charge in [-0.2, -0.15) is 0 Å². The second-order valence-electron chi connectivity index (χ2n) is 6.24. The summed E-state index contributed by atoms with van der Waals surface area (Å²) >= 11 is 0. The van der Waals surface area contributed by atoms with Gasteiger partial charge in [-0.15, -0.1) is 0 Å². The largest absolute Gasteiger partial charge is 0.383 e. The van der Waals surface area contributed by atoms with Crippen LogP contribution in [0, 0.1) is 12.8 Å². The van der Waals surface area contributed by atoms with Gasteiger partial charge in [0.2, 0.25) is 5.91 Å². The van der Waals surface area contributed by atoms with Crippen LogP contribution in [-0.4, -0.2) is 47.6 Å². The second-order valence-corrected chi connectivity index (χ2v) is 6.24. The first-order chi connectivity index (χ1) is 10.4. The molecule has 22 heavy (non-hydrogen) atoms. The number of amides is 2. The molecule has 1 saturated heterocycles. The molecular formula is C17H24N2O3. The minimum atomic E-state index is -1.02. The molecule has 120 valence electrons. The van der Waals surface area contributed by atoms with E-state index in [0.717, 1.165) is 11.3 Å². The first-order valence-electron chi connectivity index (χ1n) is 7.73. The molecule has 1 aromatic carbocycles. The lowest BCUT2D eigenvalue weighted by atomic mass is 10.0. The summed E-state index contributed by atoms with van der Waals surface area (Å²) in [5, 5.41) is 9.94. The molecule has 1 heterocycles. The number of hydrogen-bond donors (Lipinski definition) is 1. The average Bonchev–Trinajstić information content (AvgIpc) is 2.46. The zero-order chi connectivity index (χ0) is 16.3. The number of aryl methyl sites for hydroxylation is 1. The number of para-hydroxylation sites is 1. The van der Waals surface area contributed by atoms with E-state index in [4.69, 9.17) is 0 Å². The Morgan fingerprint density at radius 3 is 2.55 bits per heavy atom. The number of aliphatic hydroxyl groups excluding tert-OH is 1. The van der Waals surface area contributed by atoms with Crippen LogP contribution >= 0.6 is 0 Å². The van der Waals surface area contributed by atoms with Crippen molar-refractivity contribution in [2.45, 2.75) is 33.3 Å². The number of hydrogen-bond acceptors (Lipinski definition) is 3. The molecule has 5 nitrogen and oxygen atoms in total. The number of carbonyl (C=O) groups excluding carboxylic acids is 2. The summed E-state index contributed by atoms with van der Waals surface area (Å²) in [7, 11) is 0. The standard InChI is InChI=1S/C17H24N2O3/c1-12(2)10-15(20)17(22)18-8-9-19(16(21)11-18)14-7-5-4-6-13(14)3/h4-7,12,15,20H,8-11H2,1-3H3/t15-/m0/s1. The van der Waals surface area contributed by atoms with Gasteiger partial charge < -0.3 is 14.9 Å². The highest BCUT2D eigenvalue weighted by molar-refractivity contribution is 5.98. The Hall–Kier alpha value is -1.88. The van der Waals surface area contributed by atoms with Crippen LogP contribution in [0.4, 0.5) is 5.69 Å². The highest BCUT2D eigenvalue weighted by Gasteiger charge is 2.31. The van der Waals surface area contributed by atoms with Crippen LogP contribution in [-0.2, 0) is 9.59 Å². The fraction of sp³-hybridized carbons (Fsp3) is 0.529. The first-order valence-corrected chi connectivity index (χ1v) is 7.73. The van der Waals surface area contributed by atoms with Gasteiger partial charge in [-0.05, 0) is 30.9 Å². The third-order valence-electron chi connectivity index (χ3n) is 3.92. The Bertz CT molecular complexity index is 557. The Labute approximate surface area is 131 Å². The molecule has 0 aliphatic carbocycles. The van der Waals surface area contributed by atoms with Crippen molar-refractivity contribution >= 4 is 17.5 Å². The third-order valence-corrected chi connectivity index (χ3v) is 3.92. The van der Waals surface area contributed by atoms with Gasteiger partial charge in [0, 0.05) is 18.8 Å². The van der Waals surface area contributed by atoms with E-state index in [2.05, 4.69) is 0 Å². The average molecular weight is 304 g/mol. The zero-order valence-electron chi connectivity index (χ0n) is 13.5. The van der Waals surface area contributed by atoms with Gasteiger partial charge in [0.05, 0.1) is 0 Å². The maximum absolute atomic E-state index is 12.4. The molecule has 0 spiro atoms. The molecule has 0 unspecified atom stereocenters. The SMILES string of the molecule is Cc1ccccc1N1CCN(C(=O)[C@@H](O)CC(C)C)CC1=O. The van der Waals surface area contributed by atoms with Gasteiger partial charge in [-0.1, -0.05) is 32.0 Å². The lowest BCUT2D eigenvalue weighted by Crippen LogP contribution is -2.54. The highest BCUT2D eigenvalue weighted by atomic mass is 16.3. The van der Waals surface area contributed by atoms with Crippen molar-refractivity contribution in [1.29, 1.82) is 0 Å². The molecule has 0 aromatic heterocycles. The fourth-order valence-electron chi connectivity index (χ4n) is 2.74. The van der Waals surface area contributed by atoms with E-state index < -0.39 is 6.10 Å². The van der Waals surface area contributed by atoms with Crippen molar-refractivity contribution in [2.24, 2.45) is 5.92 Å². The number of nitrogens with zero attached hydrogens (tertiary/aromatic N) is 2. The maximum atomic E-state index is 12.4. The van der Waals surface area contributed by atoms with Gasteiger partial charge in [-0.25, -0.2) is 0 Å². The van der Waals surface area contributed by atoms with Crippen molar-refractivity contribution in [2.75, 3.05) is 24.5 Å². The molecule has 1 aliphatic rings. The number of anilines is 1. The van der Waals surface area contributed by atoms with Crippen LogP contribution in [0.2, 0.25) is 0 Å². The summed E-state index contributed by atoms with van der Waals surface area (Å²) in [6, 6.07) is 7.72. The van der Waals surface area contributed by atoms with Crippen LogP contribution < -0.4 is 4.90 Å². The van der Waals surface area contributed by atoms with E-state index in [-0.39, 0.29) is 24.3 Å². The highest BCUT2D eigenvalue weighted by Crippen LogP contribution is 2.22. The molecule has 1 atom stereocenters. The van der Waals surface area contributed by atoms with E-state index in [9.17, 15) is 14.7 Å². The van der Waals surface area contributed by atoms with Gasteiger partial charge in [0.15, 0.2) is 0 Å². The number of aliphatic hydroxyl groups is 1. The predicted molar refractivity (Wildman–Crippen MR) is 85.6 cm³/mol. The van der Waals surface area contributed by atoms with Crippen LogP contribution in [0.1, 0.15) is 25.8 Å². The van der Waals surface area contributed by atoms with E-state index in [1.165, 1.54) is 4.90 Å². The van der Waals surface area contributed by atoms with Gasteiger partial charge >= 0.3 is 0 Å². The quantitative estimate of drug-likeness (QED) is 0.918. The molecule has 0 saturated carbocycles. The Morgan fingerprint density at radius 1 is 1.27 bits per heavy atom. The van der Waals surface area contributed by atoms with Gasteiger partial charge in [0.1, 0.15) is 12.6 Å². The summed E-state index contributed by atoms with van der Waals surface area (Å²) < 4.78 is 0. The van der Waals surface area contributed by atoms with E-state index in [1.807, 2.05) is 45.0 Å². The Morgan fingerprint density at radius 2 is 1.95 bits per heavy atom. The lowest BCUT2D eigenvalue weighted by molar-refractivity contribution is -0.144. The normalized spacial score (nSPS) is 17.0. The molecule has 1 aliphatic heterocycles. The monoisotopic (exact) mass is 304 g/mol. The molecule has 1 aromatic rings. The van der Waals surface area contributed by atoms with E-state index in [1.54, 1.807) is 4.90 Å². The second kappa shape index (κ2) is 6.92. The maximum Gasteiger partial charge on any atom is 0.251 e. The zero-order valence-corrected chi connectivity index (χ0v) is 13.5. The number of piperazine rings is 1. The molecule has 0 radical (unpaired) electrons. The molecule has 1 N–H and O–H groups in total. The smallest absolute Gasteiger partial charge is 0.251 e.